The Hall–Kier alpha value is -1.53. The molecule has 7 heteroatoms. The summed E-state index contributed by atoms with van der Waals surface area (Å²) in [7, 11) is -3.33. The van der Waals surface area contributed by atoms with E-state index in [4.69, 9.17) is 11.6 Å². The van der Waals surface area contributed by atoms with Gasteiger partial charge in [0.1, 0.15) is 0 Å². The van der Waals surface area contributed by atoms with E-state index in [1.165, 1.54) is 0 Å². The fourth-order valence-corrected chi connectivity index (χ4v) is 3.12. The largest absolute Gasteiger partial charge is 0.306 e. The zero-order valence-corrected chi connectivity index (χ0v) is 12.4. The first-order valence-corrected chi connectivity index (χ1v) is 8.44. The second-order valence-corrected chi connectivity index (χ2v) is 6.56. The fourth-order valence-electron chi connectivity index (χ4n) is 1.76. The molecule has 0 spiro atoms. The summed E-state index contributed by atoms with van der Waals surface area (Å²) in [6.07, 6.45) is 6.38. The van der Waals surface area contributed by atoms with Crippen LogP contribution in [0.1, 0.15) is 12.8 Å². The molecule has 1 aromatic carbocycles. The van der Waals surface area contributed by atoms with E-state index in [0.29, 0.717) is 24.4 Å². The topological polar surface area (TPSA) is 64.0 Å². The van der Waals surface area contributed by atoms with Crippen molar-refractivity contribution in [3.8, 4) is 5.69 Å². The minimum absolute atomic E-state index is 0.0784. The standard InChI is InChI=1S/C13H16ClN3O2S/c14-6-1-2-9-20(18,19)16-12-4-3-5-13(10-12)17-8-7-15-11-17/h3-5,7-8,10-11,16H,1-2,6,9H2. The zero-order valence-electron chi connectivity index (χ0n) is 10.9. The lowest BCUT2D eigenvalue weighted by Gasteiger charge is -2.09. The third-order valence-corrected chi connectivity index (χ3v) is 4.36. The molecule has 1 aromatic heterocycles. The highest BCUT2D eigenvalue weighted by atomic mass is 35.5. The van der Waals surface area contributed by atoms with Crippen molar-refractivity contribution in [1.82, 2.24) is 9.55 Å². The molecule has 0 amide bonds. The van der Waals surface area contributed by atoms with Crippen LogP contribution in [0.3, 0.4) is 0 Å². The molecule has 0 saturated carbocycles. The Kier molecular flexibility index (Phi) is 5.03. The number of hydrogen-bond donors (Lipinski definition) is 1. The van der Waals surface area contributed by atoms with Crippen molar-refractivity contribution in [2.45, 2.75) is 12.8 Å². The summed E-state index contributed by atoms with van der Waals surface area (Å²) in [5.41, 5.74) is 1.39. The molecule has 20 heavy (non-hydrogen) atoms. The van der Waals surface area contributed by atoms with Gasteiger partial charge in [0, 0.05) is 24.0 Å². The zero-order chi connectivity index (χ0) is 14.4. The molecule has 0 radical (unpaired) electrons. The first kappa shape index (κ1) is 14.9. The molecule has 2 rings (SSSR count). The van der Waals surface area contributed by atoms with Crippen molar-refractivity contribution >= 4 is 27.3 Å². The number of alkyl halides is 1. The molecule has 0 atom stereocenters. The Morgan fingerprint density at radius 3 is 2.85 bits per heavy atom. The molecule has 0 fully saturated rings. The molecule has 2 aromatic rings. The predicted molar refractivity (Wildman–Crippen MR) is 80.9 cm³/mol. The average molecular weight is 314 g/mol. The number of nitrogens with one attached hydrogen (secondary N) is 1. The molecule has 0 aliphatic rings. The summed E-state index contributed by atoms with van der Waals surface area (Å²) in [5.74, 6) is 0.556. The Morgan fingerprint density at radius 2 is 2.15 bits per heavy atom. The molecule has 108 valence electrons. The Balaban J connectivity index is 2.08. The molecule has 1 N–H and O–H groups in total. The smallest absolute Gasteiger partial charge is 0.232 e. The maximum absolute atomic E-state index is 11.9. The second-order valence-electron chi connectivity index (χ2n) is 4.34. The van der Waals surface area contributed by atoms with Gasteiger partial charge >= 0.3 is 0 Å². The van der Waals surface area contributed by atoms with Crippen LogP contribution >= 0.6 is 11.6 Å². The molecule has 0 aliphatic heterocycles. The number of unbranched alkanes of at least 4 members (excludes halogenated alkanes) is 1. The van der Waals surface area contributed by atoms with Crippen LogP contribution in [-0.4, -0.2) is 29.6 Å². The van der Waals surface area contributed by atoms with Crippen molar-refractivity contribution < 1.29 is 8.42 Å². The van der Waals surface area contributed by atoms with Gasteiger partial charge < -0.3 is 4.57 Å². The Bertz CT molecular complexity index is 641. The summed E-state index contributed by atoms with van der Waals surface area (Å²) in [5, 5.41) is 0. The van der Waals surface area contributed by atoms with E-state index < -0.39 is 10.0 Å². The van der Waals surface area contributed by atoms with Crippen molar-refractivity contribution in [2.24, 2.45) is 0 Å². The van der Waals surface area contributed by atoms with Crippen molar-refractivity contribution in [3.05, 3.63) is 43.0 Å². The molecule has 1 heterocycles. The number of benzene rings is 1. The van der Waals surface area contributed by atoms with Crippen LogP contribution in [0.25, 0.3) is 5.69 Å². The molecule has 0 saturated heterocycles. The van der Waals surface area contributed by atoms with E-state index >= 15 is 0 Å². The molecule has 0 bridgehead atoms. The van der Waals surface area contributed by atoms with Crippen LogP contribution in [0.4, 0.5) is 5.69 Å². The maximum Gasteiger partial charge on any atom is 0.232 e. The molecule has 0 aliphatic carbocycles. The first-order valence-electron chi connectivity index (χ1n) is 6.25. The van der Waals surface area contributed by atoms with Gasteiger partial charge in [-0.05, 0) is 31.0 Å². The van der Waals surface area contributed by atoms with Gasteiger partial charge in [-0.25, -0.2) is 13.4 Å². The van der Waals surface area contributed by atoms with Crippen LogP contribution in [0.5, 0.6) is 0 Å². The van der Waals surface area contributed by atoms with E-state index in [0.717, 1.165) is 5.69 Å². The van der Waals surface area contributed by atoms with E-state index in [1.807, 2.05) is 10.6 Å². The van der Waals surface area contributed by atoms with Crippen LogP contribution in [0, 0.1) is 0 Å². The van der Waals surface area contributed by atoms with E-state index in [1.54, 1.807) is 36.9 Å². The molecule has 5 nitrogen and oxygen atoms in total. The minimum atomic E-state index is -3.33. The quantitative estimate of drug-likeness (QED) is 0.631. The molecular formula is C13H16ClN3O2S. The van der Waals surface area contributed by atoms with Gasteiger partial charge in [-0.1, -0.05) is 6.07 Å². The molecular weight excluding hydrogens is 298 g/mol. The normalized spacial score (nSPS) is 11.4. The number of aromatic nitrogens is 2. The van der Waals surface area contributed by atoms with Crippen LogP contribution in [0.15, 0.2) is 43.0 Å². The van der Waals surface area contributed by atoms with Gasteiger partial charge in [-0.3, -0.25) is 4.72 Å². The SMILES string of the molecule is O=S(=O)(CCCCCl)Nc1cccc(-n2ccnc2)c1. The van der Waals surface area contributed by atoms with Crippen LogP contribution in [-0.2, 0) is 10.0 Å². The summed E-state index contributed by atoms with van der Waals surface area (Å²) in [6.45, 7) is 0. The predicted octanol–water partition coefficient (Wildman–Crippen LogP) is 2.63. The number of halogens is 1. The highest BCUT2D eigenvalue weighted by molar-refractivity contribution is 7.92. The van der Waals surface area contributed by atoms with Gasteiger partial charge in [0.2, 0.25) is 10.0 Å². The van der Waals surface area contributed by atoms with Crippen LogP contribution < -0.4 is 4.72 Å². The van der Waals surface area contributed by atoms with Gasteiger partial charge in [0.15, 0.2) is 0 Å². The van der Waals surface area contributed by atoms with E-state index in [9.17, 15) is 8.42 Å². The number of sulfonamides is 1. The maximum atomic E-state index is 11.9. The highest BCUT2D eigenvalue weighted by Crippen LogP contribution is 2.16. The second kappa shape index (κ2) is 6.76. The molecule has 0 unspecified atom stereocenters. The van der Waals surface area contributed by atoms with Gasteiger partial charge in [0.05, 0.1) is 17.8 Å². The van der Waals surface area contributed by atoms with Crippen molar-refractivity contribution in [2.75, 3.05) is 16.4 Å². The van der Waals surface area contributed by atoms with Crippen molar-refractivity contribution in [3.63, 3.8) is 0 Å². The number of hydrogen-bond acceptors (Lipinski definition) is 3. The monoisotopic (exact) mass is 313 g/mol. The summed E-state index contributed by atoms with van der Waals surface area (Å²) in [4.78, 5) is 3.96. The number of nitrogens with zero attached hydrogens (tertiary/aromatic N) is 2. The average Bonchev–Trinajstić information content (AvgIpc) is 2.92. The Morgan fingerprint density at radius 1 is 1.30 bits per heavy atom. The number of imidazole rings is 1. The third-order valence-electron chi connectivity index (χ3n) is 2.72. The van der Waals surface area contributed by atoms with Gasteiger partial charge in [0.25, 0.3) is 0 Å². The number of rotatable bonds is 7. The lowest BCUT2D eigenvalue weighted by molar-refractivity contribution is 0.598. The number of anilines is 1. The van der Waals surface area contributed by atoms with E-state index in [2.05, 4.69) is 9.71 Å². The van der Waals surface area contributed by atoms with Crippen LogP contribution in [0.2, 0.25) is 0 Å². The minimum Gasteiger partial charge on any atom is -0.306 e. The highest BCUT2D eigenvalue weighted by Gasteiger charge is 2.10. The van der Waals surface area contributed by atoms with E-state index in [-0.39, 0.29) is 5.75 Å². The van der Waals surface area contributed by atoms with Gasteiger partial charge in [-0.2, -0.15) is 0 Å². The van der Waals surface area contributed by atoms with Crippen molar-refractivity contribution in [1.29, 1.82) is 0 Å². The fraction of sp³-hybridized carbons (Fsp3) is 0.308. The Labute approximate surface area is 123 Å². The van der Waals surface area contributed by atoms with Gasteiger partial charge in [-0.15, -0.1) is 11.6 Å². The third kappa shape index (κ3) is 4.25. The lowest BCUT2D eigenvalue weighted by Crippen LogP contribution is -2.16. The summed E-state index contributed by atoms with van der Waals surface area (Å²) in [6, 6.07) is 7.17. The summed E-state index contributed by atoms with van der Waals surface area (Å²) < 4.78 is 28.2. The summed E-state index contributed by atoms with van der Waals surface area (Å²) >= 11 is 5.54. The lowest BCUT2D eigenvalue weighted by atomic mass is 10.3. The first-order chi connectivity index (χ1) is 9.61.